The molecule has 0 saturated carbocycles. The van der Waals surface area contributed by atoms with Gasteiger partial charge in [-0.15, -0.1) is 0 Å². The number of rotatable bonds is 12. The lowest BCUT2D eigenvalue weighted by Gasteiger charge is -2.06. The summed E-state index contributed by atoms with van der Waals surface area (Å²) in [5.41, 5.74) is 2.28. The normalized spacial score (nSPS) is 10.6. The van der Waals surface area contributed by atoms with Crippen LogP contribution in [0, 0.1) is 0 Å². The standard InChI is InChI=1S/C21H26B2O6/c1-22(26)18-10-6-16(7-11-18)20(24)4-2-14-29-15-3-5-21(25)17-8-12-19(13-9-17)23(27)28/h6-13,26-28H,2-5,14-15H2,1H3. The number of Topliss-reactive ketones (excluding diaryl/α,β-unsaturated/α-hetero) is 2. The summed E-state index contributed by atoms with van der Waals surface area (Å²) in [4.78, 5) is 24.2. The van der Waals surface area contributed by atoms with E-state index in [4.69, 9.17) is 14.8 Å². The second-order valence-electron chi connectivity index (χ2n) is 6.96. The van der Waals surface area contributed by atoms with Gasteiger partial charge in [-0.05, 0) is 23.8 Å². The molecule has 0 aliphatic rings. The predicted molar refractivity (Wildman–Crippen MR) is 114 cm³/mol. The highest BCUT2D eigenvalue weighted by Crippen LogP contribution is 2.07. The summed E-state index contributed by atoms with van der Waals surface area (Å²) in [5.74, 6) is 0.0146. The van der Waals surface area contributed by atoms with Crippen LogP contribution in [0.4, 0.5) is 0 Å². The fourth-order valence-corrected chi connectivity index (χ4v) is 2.85. The SMILES string of the molecule is CB(O)c1ccc(C(=O)CCCOCCCC(=O)c2ccc(B(O)O)cc2)cc1. The first-order valence-corrected chi connectivity index (χ1v) is 9.76. The molecular formula is C21H26B2O6. The summed E-state index contributed by atoms with van der Waals surface area (Å²) in [7, 11) is -1.54. The van der Waals surface area contributed by atoms with Crippen molar-refractivity contribution in [1.29, 1.82) is 0 Å². The van der Waals surface area contributed by atoms with E-state index in [1.165, 1.54) is 12.1 Å². The van der Waals surface area contributed by atoms with Gasteiger partial charge in [-0.3, -0.25) is 9.59 Å². The van der Waals surface area contributed by atoms with E-state index in [2.05, 4.69) is 0 Å². The van der Waals surface area contributed by atoms with Gasteiger partial charge >= 0.3 is 14.0 Å². The molecule has 6 nitrogen and oxygen atoms in total. The molecule has 0 radical (unpaired) electrons. The third-order valence-corrected chi connectivity index (χ3v) is 4.63. The van der Waals surface area contributed by atoms with Gasteiger partial charge in [0.15, 0.2) is 11.6 Å². The van der Waals surface area contributed by atoms with Crippen molar-refractivity contribution in [3.63, 3.8) is 0 Å². The van der Waals surface area contributed by atoms with Crippen LogP contribution in [0.15, 0.2) is 48.5 Å². The molecule has 29 heavy (non-hydrogen) atoms. The summed E-state index contributed by atoms with van der Waals surface area (Å²) < 4.78 is 5.50. The zero-order valence-corrected chi connectivity index (χ0v) is 16.6. The van der Waals surface area contributed by atoms with Gasteiger partial charge in [-0.2, -0.15) is 0 Å². The van der Waals surface area contributed by atoms with Crippen molar-refractivity contribution in [2.45, 2.75) is 32.5 Å². The maximum atomic E-state index is 12.1. The van der Waals surface area contributed by atoms with Crippen LogP contribution < -0.4 is 10.9 Å². The van der Waals surface area contributed by atoms with Gasteiger partial charge < -0.3 is 19.8 Å². The topological polar surface area (TPSA) is 104 Å². The smallest absolute Gasteiger partial charge is 0.447 e. The molecule has 8 heteroatoms. The van der Waals surface area contributed by atoms with Crippen molar-refractivity contribution in [2.75, 3.05) is 13.2 Å². The fourth-order valence-electron chi connectivity index (χ4n) is 2.85. The van der Waals surface area contributed by atoms with E-state index in [1.807, 2.05) is 0 Å². The molecule has 0 spiro atoms. The maximum Gasteiger partial charge on any atom is 0.488 e. The minimum atomic E-state index is -1.54. The number of benzene rings is 2. The average Bonchev–Trinajstić information content (AvgIpc) is 2.72. The molecule has 0 atom stereocenters. The molecule has 0 heterocycles. The molecule has 0 aromatic heterocycles. The Labute approximate surface area is 171 Å². The molecule has 0 fully saturated rings. The van der Waals surface area contributed by atoms with Crippen molar-refractivity contribution < 1.29 is 29.4 Å². The Balaban J connectivity index is 1.59. The average molecular weight is 396 g/mol. The van der Waals surface area contributed by atoms with Crippen molar-refractivity contribution in [2.24, 2.45) is 0 Å². The first-order valence-electron chi connectivity index (χ1n) is 9.76. The predicted octanol–water partition coefficient (Wildman–Crippen LogP) is 0.830. The maximum absolute atomic E-state index is 12.1. The molecule has 2 aromatic rings. The Bertz CT molecular complexity index is 720. The highest BCUT2D eigenvalue weighted by molar-refractivity contribution is 6.64. The Hall–Kier alpha value is -2.25. The van der Waals surface area contributed by atoms with Crippen molar-refractivity contribution in [1.82, 2.24) is 0 Å². The Morgan fingerprint density at radius 3 is 1.55 bits per heavy atom. The quantitative estimate of drug-likeness (QED) is 0.279. The molecule has 0 aliphatic carbocycles. The van der Waals surface area contributed by atoms with E-state index in [0.29, 0.717) is 55.5 Å². The van der Waals surface area contributed by atoms with E-state index in [-0.39, 0.29) is 11.6 Å². The van der Waals surface area contributed by atoms with Crippen LogP contribution in [-0.2, 0) is 4.74 Å². The van der Waals surface area contributed by atoms with Gasteiger partial charge in [-0.25, -0.2) is 0 Å². The highest BCUT2D eigenvalue weighted by Gasteiger charge is 2.12. The summed E-state index contributed by atoms with van der Waals surface area (Å²) >= 11 is 0. The molecular weight excluding hydrogens is 370 g/mol. The first-order chi connectivity index (χ1) is 13.9. The molecule has 0 bridgehead atoms. The number of ether oxygens (including phenoxy) is 1. The fraction of sp³-hybridized carbons (Fsp3) is 0.333. The van der Waals surface area contributed by atoms with E-state index < -0.39 is 14.0 Å². The number of hydrogen-bond acceptors (Lipinski definition) is 6. The molecule has 0 saturated heterocycles. The molecule has 0 aliphatic heterocycles. The lowest BCUT2D eigenvalue weighted by Crippen LogP contribution is -2.29. The minimum Gasteiger partial charge on any atom is -0.447 e. The third kappa shape index (κ3) is 7.59. The summed E-state index contributed by atoms with van der Waals surface area (Å²) in [6.45, 7) is 2.03. The monoisotopic (exact) mass is 396 g/mol. The van der Waals surface area contributed by atoms with E-state index in [9.17, 15) is 14.6 Å². The second-order valence-corrected chi connectivity index (χ2v) is 6.96. The van der Waals surface area contributed by atoms with Gasteiger partial charge in [0.25, 0.3) is 0 Å². The molecule has 3 N–H and O–H groups in total. The molecule has 0 amide bonds. The Morgan fingerprint density at radius 1 is 0.759 bits per heavy atom. The van der Waals surface area contributed by atoms with E-state index in [1.54, 1.807) is 43.2 Å². The number of carbonyl (C=O) groups is 2. The van der Waals surface area contributed by atoms with Crippen LogP contribution in [0.2, 0.25) is 6.82 Å². The second kappa shape index (κ2) is 11.7. The molecule has 2 rings (SSSR count). The molecule has 152 valence electrons. The summed E-state index contributed by atoms with van der Waals surface area (Å²) in [5, 5.41) is 27.6. The van der Waals surface area contributed by atoms with Crippen LogP contribution in [0.1, 0.15) is 46.4 Å². The van der Waals surface area contributed by atoms with Crippen molar-refractivity contribution in [3.8, 4) is 0 Å². The van der Waals surface area contributed by atoms with Gasteiger partial charge in [0.05, 0.1) is 0 Å². The Morgan fingerprint density at radius 2 is 1.17 bits per heavy atom. The lowest BCUT2D eigenvalue weighted by atomic mass is 9.64. The van der Waals surface area contributed by atoms with Gasteiger partial charge in [0.2, 0.25) is 0 Å². The minimum absolute atomic E-state index is 0.0246. The largest absolute Gasteiger partial charge is 0.488 e. The summed E-state index contributed by atoms with van der Waals surface area (Å²) in [6.07, 6.45) is 1.92. The third-order valence-electron chi connectivity index (χ3n) is 4.63. The molecule has 2 aromatic carbocycles. The van der Waals surface area contributed by atoms with Crippen LogP contribution in [0.3, 0.4) is 0 Å². The van der Waals surface area contributed by atoms with Crippen molar-refractivity contribution in [3.05, 3.63) is 59.7 Å². The van der Waals surface area contributed by atoms with E-state index >= 15 is 0 Å². The van der Waals surface area contributed by atoms with E-state index in [0.717, 1.165) is 5.46 Å². The lowest BCUT2D eigenvalue weighted by molar-refractivity contribution is 0.0906. The number of hydrogen-bond donors (Lipinski definition) is 3. The number of carbonyl (C=O) groups excluding carboxylic acids is 2. The highest BCUT2D eigenvalue weighted by atomic mass is 16.5. The van der Waals surface area contributed by atoms with Crippen LogP contribution in [0.5, 0.6) is 0 Å². The van der Waals surface area contributed by atoms with Crippen molar-refractivity contribution >= 4 is 36.5 Å². The summed E-state index contributed by atoms with van der Waals surface area (Å²) in [6, 6.07) is 13.2. The van der Waals surface area contributed by atoms with Crippen LogP contribution >= 0.6 is 0 Å². The zero-order chi connectivity index (χ0) is 21.2. The van der Waals surface area contributed by atoms with Gasteiger partial charge in [0.1, 0.15) is 0 Å². The Kier molecular flexibility index (Phi) is 9.28. The van der Waals surface area contributed by atoms with Crippen LogP contribution in [-0.4, -0.2) is 53.9 Å². The zero-order valence-electron chi connectivity index (χ0n) is 16.6. The van der Waals surface area contributed by atoms with Gasteiger partial charge in [0, 0.05) is 37.2 Å². The van der Waals surface area contributed by atoms with Crippen LogP contribution in [0.25, 0.3) is 0 Å². The molecule has 0 unspecified atom stereocenters. The van der Waals surface area contributed by atoms with Gasteiger partial charge in [-0.1, -0.05) is 55.4 Å². The number of ketones is 2. The first kappa shape index (κ1) is 23.0.